The molecule has 0 aliphatic rings. The summed E-state index contributed by atoms with van der Waals surface area (Å²) < 4.78 is 1.79. The highest BCUT2D eigenvalue weighted by molar-refractivity contribution is 5.99. The third-order valence-electron chi connectivity index (χ3n) is 4.68. The zero-order chi connectivity index (χ0) is 17.2. The summed E-state index contributed by atoms with van der Waals surface area (Å²) >= 11 is 0. The van der Waals surface area contributed by atoms with Crippen LogP contribution in [0.5, 0.6) is 0 Å². The Morgan fingerprint density at radius 2 is 1.58 bits per heavy atom. The molecule has 0 spiro atoms. The summed E-state index contributed by atoms with van der Waals surface area (Å²) in [5, 5.41) is 0. The second kappa shape index (κ2) is 6.44. The van der Waals surface area contributed by atoms with Gasteiger partial charge in [-0.1, -0.05) is 74.5 Å². The van der Waals surface area contributed by atoms with Crippen molar-refractivity contribution in [3.05, 3.63) is 90.0 Å². The van der Waals surface area contributed by atoms with E-state index in [2.05, 4.69) is 31.0 Å². The van der Waals surface area contributed by atoms with Crippen molar-refractivity contribution in [1.82, 2.24) is 9.55 Å². The van der Waals surface area contributed by atoms with Gasteiger partial charge in [0, 0.05) is 24.9 Å². The molecule has 122 valence electrons. The highest BCUT2D eigenvalue weighted by Crippen LogP contribution is 2.40. The van der Waals surface area contributed by atoms with Gasteiger partial charge in [0.05, 0.1) is 5.92 Å². The van der Waals surface area contributed by atoms with Gasteiger partial charge in [0.15, 0.2) is 5.82 Å². The Balaban J connectivity index is 2.13. The van der Waals surface area contributed by atoms with Gasteiger partial charge >= 0.3 is 0 Å². The first-order valence-corrected chi connectivity index (χ1v) is 8.14. The lowest BCUT2D eigenvalue weighted by Gasteiger charge is -2.34. The molecular formula is C21H22N2O. The Morgan fingerprint density at radius 1 is 1.00 bits per heavy atom. The molecule has 1 heterocycles. The molecule has 3 nitrogen and oxygen atoms in total. The Kier molecular flexibility index (Phi) is 4.34. The topological polar surface area (TPSA) is 34.9 Å². The number of rotatable bonds is 5. The van der Waals surface area contributed by atoms with Crippen LogP contribution in [-0.4, -0.2) is 15.3 Å². The number of ketones is 1. The predicted octanol–water partition coefficient (Wildman–Crippen LogP) is 4.36. The van der Waals surface area contributed by atoms with Crippen molar-refractivity contribution >= 4 is 5.78 Å². The van der Waals surface area contributed by atoms with Gasteiger partial charge in [0.1, 0.15) is 0 Å². The van der Waals surface area contributed by atoms with Crippen LogP contribution >= 0.6 is 0 Å². The molecule has 2 aromatic carbocycles. The fraction of sp³-hybridized carbons (Fsp3) is 0.238. The molecule has 3 rings (SSSR count). The summed E-state index contributed by atoms with van der Waals surface area (Å²) in [5.41, 5.74) is 1.80. The Morgan fingerprint density at radius 3 is 2.12 bits per heavy atom. The van der Waals surface area contributed by atoms with Gasteiger partial charge in [-0.3, -0.25) is 4.79 Å². The molecule has 0 aliphatic carbocycles. The zero-order valence-corrected chi connectivity index (χ0v) is 14.3. The summed E-state index contributed by atoms with van der Waals surface area (Å²) in [4.78, 5) is 17.6. The molecule has 0 saturated carbocycles. The third-order valence-corrected chi connectivity index (χ3v) is 4.68. The summed E-state index contributed by atoms with van der Waals surface area (Å²) in [5.74, 6) is 0.234. The molecular weight excluding hydrogens is 296 g/mol. The molecule has 0 fully saturated rings. The number of aryl methyl sites for hydroxylation is 1. The van der Waals surface area contributed by atoms with Gasteiger partial charge in [0.25, 0.3) is 0 Å². The van der Waals surface area contributed by atoms with Crippen LogP contribution in [0.15, 0.2) is 73.1 Å². The lowest BCUT2D eigenvalue weighted by molar-refractivity contribution is 0.0910. The molecule has 3 aromatic rings. The number of carbonyl (C=O) groups excluding carboxylic acids is 1. The minimum absolute atomic E-state index is 0.0440. The monoisotopic (exact) mass is 318 g/mol. The summed E-state index contributed by atoms with van der Waals surface area (Å²) in [6.07, 6.45) is 3.48. The van der Waals surface area contributed by atoms with E-state index < -0.39 is 0 Å². The lowest BCUT2D eigenvalue weighted by Crippen LogP contribution is -2.34. The molecule has 0 bridgehead atoms. The molecule has 24 heavy (non-hydrogen) atoms. The fourth-order valence-corrected chi connectivity index (χ4v) is 3.31. The van der Waals surface area contributed by atoms with Crippen LogP contribution in [0, 0.1) is 0 Å². The number of aromatic nitrogens is 2. The maximum absolute atomic E-state index is 13.4. The Bertz CT molecular complexity index is 819. The van der Waals surface area contributed by atoms with E-state index in [1.165, 1.54) is 0 Å². The highest BCUT2D eigenvalue weighted by Gasteiger charge is 2.39. The maximum Gasteiger partial charge on any atom is 0.206 e. The van der Waals surface area contributed by atoms with Crippen molar-refractivity contribution in [3.63, 3.8) is 0 Å². The molecule has 1 unspecified atom stereocenters. The van der Waals surface area contributed by atoms with E-state index >= 15 is 0 Å². The molecule has 0 saturated heterocycles. The van der Waals surface area contributed by atoms with Crippen molar-refractivity contribution in [1.29, 1.82) is 0 Å². The van der Waals surface area contributed by atoms with Crippen LogP contribution in [0.25, 0.3) is 0 Å². The van der Waals surface area contributed by atoms with Crippen molar-refractivity contribution in [3.8, 4) is 0 Å². The minimum atomic E-state index is -0.356. The van der Waals surface area contributed by atoms with Crippen LogP contribution in [0.3, 0.4) is 0 Å². The molecule has 3 heteroatoms. The molecule has 1 atom stereocenters. The van der Waals surface area contributed by atoms with Gasteiger partial charge in [-0.2, -0.15) is 0 Å². The van der Waals surface area contributed by atoms with Crippen molar-refractivity contribution in [2.75, 3.05) is 0 Å². The van der Waals surface area contributed by atoms with Crippen LogP contribution in [-0.2, 0) is 12.5 Å². The first kappa shape index (κ1) is 16.2. The predicted molar refractivity (Wildman–Crippen MR) is 96.2 cm³/mol. The van der Waals surface area contributed by atoms with Gasteiger partial charge in [0.2, 0.25) is 5.78 Å². The first-order chi connectivity index (χ1) is 11.5. The summed E-state index contributed by atoms with van der Waals surface area (Å²) in [6, 6.07) is 20.2. The van der Waals surface area contributed by atoms with Crippen LogP contribution in [0.2, 0.25) is 0 Å². The minimum Gasteiger partial charge on any atom is -0.332 e. The fourth-order valence-electron chi connectivity index (χ4n) is 3.31. The zero-order valence-electron chi connectivity index (χ0n) is 14.3. The molecule has 0 radical (unpaired) electrons. The molecule has 1 aromatic heterocycles. The number of hydrogen-bond acceptors (Lipinski definition) is 2. The van der Waals surface area contributed by atoms with Crippen LogP contribution in [0.4, 0.5) is 0 Å². The van der Waals surface area contributed by atoms with Crippen LogP contribution < -0.4 is 0 Å². The van der Waals surface area contributed by atoms with Crippen molar-refractivity contribution in [2.45, 2.75) is 25.2 Å². The largest absolute Gasteiger partial charge is 0.332 e. The normalized spacial score (nSPS) is 12.8. The first-order valence-electron chi connectivity index (χ1n) is 8.14. The quantitative estimate of drug-likeness (QED) is 0.655. The molecule has 0 N–H and O–H groups in total. The average molecular weight is 318 g/mol. The van der Waals surface area contributed by atoms with Gasteiger partial charge in [-0.05, 0) is 11.1 Å². The van der Waals surface area contributed by atoms with E-state index in [1.807, 2.05) is 61.8 Å². The van der Waals surface area contributed by atoms with Crippen molar-refractivity contribution < 1.29 is 4.79 Å². The molecule has 0 amide bonds. The van der Waals surface area contributed by atoms with Crippen LogP contribution in [0.1, 0.15) is 41.5 Å². The Hall–Kier alpha value is -2.68. The standard InChI is InChI=1S/C21H22N2O/c1-21(2,17-12-8-5-9-13-17)18(16-10-6-4-7-11-16)19(24)20-22-14-15-23(20)3/h4-15,18H,1-3H3. The van der Waals surface area contributed by atoms with E-state index in [9.17, 15) is 4.79 Å². The van der Waals surface area contributed by atoms with Gasteiger partial charge in [-0.25, -0.2) is 4.98 Å². The third kappa shape index (κ3) is 2.90. The number of Topliss-reactive ketones (excluding diaryl/α,β-unsaturated/α-hetero) is 1. The Labute approximate surface area is 143 Å². The number of imidazole rings is 1. The lowest BCUT2D eigenvalue weighted by atomic mass is 9.68. The van der Waals surface area contributed by atoms with Gasteiger partial charge < -0.3 is 4.57 Å². The average Bonchev–Trinajstić information content (AvgIpc) is 3.02. The number of nitrogens with zero attached hydrogens (tertiary/aromatic N) is 2. The second-order valence-corrected chi connectivity index (χ2v) is 6.66. The van der Waals surface area contributed by atoms with E-state index in [4.69, 9.17) is 0 Å². The van der Waals surface area contributed by atoms with Gasteiger partial charge in [-0.15, -0.1) is 0 Å². The van der Waals surface area contributed by atoms with E-state index in [1.54, 1.807) is 10.8 Å². The van der Waals surface area contributed by atoms with E-state index in [0.29, 0.717) is 5.82 Å². The number of carbonyl (C=O) groups is 1. The summed E-state index contributed by atoms with van der Waals surface area (Å²) in [7, 11) is 1.86. The maximum atomic E-state index is 13.4. The number of benzene rings is 2. The van der Waals surface area contributed by atoms with E-state index in [0.717, 1.165) is 11.1 Å². The van der Waals surface area contributed by atoms with E-state index in [-0.39, 0.29) is 17.1 Å². The second-order valence-electron chi connectivity index (χ2n) is 6.66. The number of hydrogen-bond donors (Lipinski definition) is 0. The molecule has 0 aliphatic heterocycles. The SMILES string of the molecule is Cn1ccnc1C(=O)C(c1ccccc1)C(C)(C)c1ccccc1. The smallest absolute Gasteiger partial charge is 0.206 e. The highest BCUT2D eigenvalue weighted by atomic mass is 16.1. The van der Waals surface area contributed by atoms with Crippen molar-refractivity contribution in [2.24, 2.45) is 7.05 Å². The summed E-state index contributed by atoms with van der Waals surface area (Å²) in [6.45, 7) is 4.25.